The molecule has 1 aliphatic carbocycles. The minimum atomic E-state index is -2.74. The third kappa shape index (κ3) is 5.25. The van der Waals surface area contributed by atoms with Gasteiger partial charge in [-0.3, -0.25) is 4.85 Å². The van der Waals surface area contributed by atoms with E-state index < -0.39 is 53.7 Å². The van der Waals surface area contributed by atoms with Gasteiger partial charge in [-0.15, -0.1) is 0 Å². The Morgan fingerprint density at radius 2 is 1.60 bits per heavy atom. The van der Waals surface area contributed by atoms with Crippen molar-refractivity contribution >= 4 is 47.6 Å². The van der Waals surface area contributed by atoms with Crippen LogP contribution in [0.3, 0.4) is 0 Å². The molecule has 0 saturated carbocycles. The molecule has 1 heterocycles. The van der Waals surface area contributed by atoms with Gasteiger partial charge < -0.3 is 14.8 Å². The van der Waals surface area contributed by atoms with Gasteiger partial charge in [-0.2, -0.15) is 9.84 Å². The molecule has 0 spiro atoms. The lowest BCUT2D eigenvalue weighted by atomic mass is 9.82. The van der Waals surface area contributed by atoms with Crippen LogP contribution in [0.15, 0.2) is 108 Å². The molecule has 4 aromatic carbocycles. The van der Waals surface area contributed by atoms with Crippen LogP contribution in [0.5, 0.6) is 0 Å². The number of nitriles is 1. The Bertz CT molecular complexity index is 2300. The second kappa shape index (κ2) is 12.5. The van der Waals surface area contributed by atoms with Crippen LogP contribution in [-0.2, 0) is 5.54 Å². The van der Waals surface area contributed by atoms with Gasteiger partial charge in [-0.1, -0.05) is 55.6 Å². The van der Waals surface area contributed by atoms with Crippen molar-refractivity contribution in [3.8, 4) is 6.07 Å². The van der Waals surface area contributed by atoms with E-state index in [1.54, 1.807) is 30.4 Å². The van der Waals surface area contributed by atoms with Crippen LogP contribution in [0.2, 0.25) is 13.1 Å². The molecule has 0 bridgehead atoms. The molecule has 6 rings (SSSR count). The summed E-state index contributed by atoms with van der Waals surface area (Å²) in [6.07, 6.45) is 5.51. The van der Waals surface area contributed by atoms with E-state index >= 15 is 13.2 Å². The number of anilines is 2. The normalized spacial score (nSPS) is 16.6. The number of nitrogens with zero attached hydrogens (tertiary/aromatic N) is 4. The van der Waals surface area contributed by atoms with Crippen molar-refractivity contribution < 1.29 is 27.6 Å². The summed E-state index contributed by atoms with van der Waals surface area (Å²) >= 11 is 0. The number of allylic oxidation sites excluding steroid dienone is 5. The molecule has 0 saturated heterocycles. The van der Waals surface area contributed by atoms with E-state index in [1.165, 1.54) is 0 Å². The highest BCUT2D eigenvalue weighted by molar-refractivity contribution is 6.98. The lowest BCUT2D eigenvalue weighted by molar-refractivity contribution is -0.403. The molecule has 0 radical (unpaired) electrons. The molecule has 6 nitrogen and oxygen atoms in total. The van der Waals surface area contributed by atoms with Gasteiger partial charge in [0.15, 0.2) is 17.7 Å². The smallest absolute Gasteiger partial charge is 0.343 e. The zero-order valence-electron chi connectivity index (χ0n) is 28.0. The van der Waals surface area contributed by atoms with Crippen LogP contribution in [0.1, 0.15) is 34.0 Å². The van der Waals surface area contributed by atoms with E-state index in [2.05, 4.69) is 17.9 Å². The number of hydrogen-bond donors (Lipinski definition) is 0. The molecule has 0 N–H and O–H groups in total. The third-order valence-corrected chi connectivity index (χ3v) is 13.2. The summed E-state index contributed by atoms with van der Waals surface area (Å²) in [7, 11) is 1.07. The van der Waals surface area contributed by atoms with Crippen LogP contribution in [-0.4, -0.2) is 38.4 Å². The van der Waals surface area contributed by atoms with Crippen LogP contribution >= 0.6 is 0 Å². The average Bonchev–Trinajstić information content (AvgIpc) is 3.13. The summed E-state index contributed by atoms with van der Waals surface area (Å²) in [4.78, 5) is 17.7. The molecule has 0 amide bonds. The molecule has 1 atom stereocenters. The fourth-order valence-electron chi connectivity index (χ4n) is 6.76. The SMILES string of the molecule is [C-]#[N+]C(C)(C#N)c1c(F)c(F)c(C(=O)[O-])c(C2=C3C=CC(=[N+](C)c4ccccc4)C=C3[Si](C)(C)c3cc(N(C)c4ccccc4)ccc32)c1F. The van der Waals surface area contributed by atoms with Gasteiger partial charge in [0.1, 0.15) is 26.5 Å². The molecule has 2 aliphatic rings. The first-order chi connectivity index (χ1) is 23.8. The van der Waals surface area contributed by atoms with Gasteiger partial charge in [0.05, 0.1) is 5.97 Å². The van der Waals surface area contributed by atoms with Crippen molar-refractivity contribution in [1.29, 1.82) is 5.26 Å². The van der Waals surface area contributed by atoms with Crippen molar-refractivity contribution in [2.75, 3.05) is 19.0 Å². The molecule has 10 heteroatoms. The fourth-order valence-corrected chi connectivity index (χ4v) is 9.83. The van der Waals surface area contributed by atoms with Crippen LogP contribution < -0.4 is 15.2 Å². The third-order valence-electron chi connectivity index (χ3n) is 9.66. The molecule has 248 valence electrons. The Hall–Kier alpha value is -5.97. The zero-order valence-corrected chi connectivity index (χ0v) is 29.0. The number of fused-ring (bicyclic) bond motifs is 2. The maximum absolute atomic E-state index is 17.0. The Balaban J connectivity index is 1.75. The highest BCUT2D eigenvalue weighted by Crippen LogP contribution is 2.46. The summed E-state index contributed by atoms with van der Waals surface area (Å²) in [6, 6.07) is 26.4. The molecular formula is C40H31F3N4O2Si. The summed E-state index contributed by atoms with van der Waals surface area (Å²) < 4.78 is 50.5. The van der Waals surface area contributed by atoms with Crippen LogP contribution in [0.4, 0.5) is 30.2 Å². The van der Waals surface area contributed by atoms with E-state index in [0.29, 0.717) is 11.1 Å². The molecular weight excluding hydrogens is 654 g/mol. The number of carbonyl (C=O) groups is 1. The number of hydrogen-bond acceptors (Lipinski definition) is 4. The second-order valence-corrected chi connectivity index (χ2v) is 17.2. The van der Waals surface area contributed by atoms with E-state index in [4.69, 9.17) is 6.57 Å². The summed E-state index contributed by atoms with van der Waals surface area (Å²) in [6.45, 7) is 12.8. The number of carbonyl (C=O) groups excluding carboxylic acids is 1. The van der Waals surface area contributed by atoms with Crippen molar-refractivity contribution in [1.82, 2.24) is 0 Å². The summed E-state index contributed by atoms with van der Waals surface area (Å²) in [5.74, 6) is -7.47. The average molecular weight is 685 g/mol. The number of aromatic carboxylic acids is 1. The molecule has 0 fully saturated rings. The first kappa shape index (κ1) is 33.9. The van der Waals surface area contributed by atoms with Crippen LogP contribution in [0.25, 0.3) is 10.4 Å². The summed E-state index contributed by atoms with van der Waals surface area (Å²) in [5, 5.41) is 24.0. The molecule has 50 heavy (non-hydrogen) atoms. The number of halogens is 3. The predicted molar refractivity (Wildman–Crippen MR) is 189 cm³/mol. The molecule has 0 aromatic heterocycles. The standard InChI is InChI=1S/C40H31F3N4O2Si/c1-40(23-44,45-2)35-36(41)33(34(39(48)49)37(42)38(35)43)32-28-19-17-26(46(3)24-13-9-7-10-14-24)21-30(28)50(5,6)31-22-27(18-20-29(31)32)47(4)25-15-11-8-12-16-25/h7-22H,1,3-6H3. The number of rotatable bonds is 6. The topological polar surface area (TPSA) is 74.5 Å². The number of carboxylic acid groups (broad SMARTS) is 1. The Morgan fingerprint density at radius 3 is 2.20 bits per heavy atom. The van der Waals surface area contributed by atoms with E-state index in [9.17, 15) is 15.2 Å². The molecule has 4 aromatic rings. The molecule has 1 unspecified atom stereocenters. The van der Waals surface area contributed by atoms with Crippen molar-refractivity contribution in [2.45, 2.75) is 25.6 Å². The maximum Gasteiger partial charge on any atom is 0.343 e. The quantitative estimate of drug-likeness (QED) is 0.0943. The molecule has 1 aliphatic heterocycles. The van der Waals surface area contributed by atoms with Crippen molar-refractivity contribution in [3.63, 3.8) is 0 Å². The largest absolute Gasteiger partial charge is 0.545 e. The monoisotopic (exact) mass is 684 g/mol. The van der Waals surface area contributed by atoms with Crippen molar-refractivity contribution in [3.05, 3.63) is 159 Å². The number of benzene rings is 4. The van der Waals surface area contributed by atoms with Gasteiger partial charge in [-0.25, -0.2) is 19.7 Å². The number of carboxylic acids is 1. The minimum Gasteiger partial charge on any atom is -0.545 e. The van der Waals surface area contributed by atoms with Crippen LogP contribution in [0, 0.1) is 35.4 Å². The summed E-state index contributed by atoms with van der Waals surface area (Å²) in [5.41, 5.74) is -1.46. The van der Waals surface area contributed by atoms with Gasteiger partial charge in [0.2, 0.25) is 11.4 Å². The van der Waals surface area contributed by atoms with E-state index in [0.717, 1.165) is 40.1 Å². The fraction of sp³-hybridized carbons (Fsp3) is 0.150. The number of para-hydroxylation sites is 2. The first-order valence-corrected chi connectivity index (χ1v) is 18.7. The minimum absolute atomic E-state index is 0.00627. The Labute approximate surface area is 289 Å². The first-order valence-electron chi connectivity index (χ1n) is 15.7. The Morgan fingerprint density at radius 1 is 0.960 bits per heavy atom. The lowest BCUT2D eigenvalue weighted by Gasteiger charge is -2.39. The van der Waals surface area contributed by atoms with Crippen molar-refractivity contribution in [2.24, 2.45) is 0 Å². The van der Waals surface area contributed by atoms with Gasteiger partial charge in [-0.05, 0) is 57.4 Å². The van der Waals surface area contributed by atoms with E-state index in [-0.39, 0.29) is 5.57 Å². The zero-order chi connectivity index (χ0) is 36.1. The highest BCUT2D eigenvalue weighted by Gasteiger charge is 2.46. The lowest BCUT2D eigenvalue weighted by Crippen LogP contribution is -2.50. The Kier molecular flexibility index (Phi) is 8.47. The van der Waals surface area contributed by atoms with Gasteiger partial charge >= 0.3 is 5.54 Å². The van der Waals surface area contributed by atoms with E-state index in [1.807, 2.05) is 96.4 Å². The maximum atomic E-state index is 17.0. The van der Waals surface area contributed by atoms with Gasteiger partial charge in [0.25, 0.3) is 0 Å². The van der Waals surface area contributed by atoms with Gasteiger partial charge in [0, 0.05) is 60.8 Å². The second-order valence-electron chi connectivity index (χ2n) is 12.9. The predicted octanol–water partition coefficient (Wildman–Crippen LogP) is 7.07. The highest BCUT2D eigenvalue weighted by atomic mass is 28.3.